The summed E-state index contributed by atoms with van der Waals surface area (Å²) in [4.78, 5) is 18.8. The molecule has 4 rings (SSSR count). The van der Waals surface area contributed by atoms with Gasteiger partial charge in [0.2, 0.25) is 5.82 Å². The first-order chi connectivity index (χ1) is 14.1. The summed E-state index contributed by atoms with van der Waals surface area (Å²) in [7, 11) is 0. The molecule has 0 radical (unpaired) electrons. The standard InChI is InChI=1S/C22H23FN4O2/c1-15-10-12-27(13-11-15)19-8-4-17(5-9-19)20-25-22(29-26-20)21(28)24-14-16-2-6-18(23)7-3-16/h2-9,15H,10-14H2,1H3,(H,24,28). The zero-order chi connectivity index (χ0) is 20.2. The number of hydrogen-bond donors (Lipinski definition) is 1. The van der Waals surface area contributed by atoms with Crippen LogP contribution in [-0.2, 0) is 6.54 Å². The number of amides is 1. The molecule has 2 heterocycles. The van der Waals surface area contributed by atoms with Gasteiger partial charge in [-0.3, -0.25) is 4.79 Å². The summed E-state index contributed by atoms with van der Waals surface area (Å²) in [6.07, 6.45) is 2.42. The zero-order valence-electron chi connectivity index (χ0n) is 16.3. The largest absolute Gasteiger partial charge is 0.372 e. The van der Waals surface area contributed by atoms with E-state index < -0.39 is 5.91 Å². The predicted octanol–water partition coefficient (Wildman–Crippen LogP) is 4.04. The van der Waals surface area contributed by atoms with E-state index in [1.807, 2.05) is 12.1 Å². The van der Waals surface area contributed by atoms with Gasteiger partial charge < -0.3 is 14.7 Å². The lowest BCUT2D eigenvalue weighted by Gasteiger charge is -2.32. The number of nitrogens with zero attached hydrogens (tertiary/aromatic N) is 3. The third-order valence-corrected chi connectivity index (χ3v) is 5.26. The van der Waals surface area contributed by atoms with Crippen LogP contribution in [0.2, 0.25) is 0 Å². The van der Waals surface area contributed by atoms with Crippen molar-refractivity contribution in [2.45, 2.75) is 26.3 Å². The summed E-state index contributed by atoms with van der Waals surface area (Å²) in [5, 5.41) is 6.61. The van der Waals surface area contributed by atoms with Crippen molar-refractivity contribution in [3.8, 4) is 11.4 Å². The molecule has 0 bridgehead atoms. The fraction of sp³-hybridized carbons (Fsp3) is 0.318. The van der Waals surface area contributed by atoms with E-state index in [0.29, 0.717) is 5.82 Å². The fourth-order valence-electron chi connectivity index (χ4n) is 3.38. The lowest BCUT2D eigenvalue weighted by molar-refractivity contribution is 0.0907. The molecule has 1 amide bonds. The summed E-state index contributed by atoms with van der Waals surface area (Å²) in [5.74, 6) is 0.277. The van der Waals surface area contributed by atoms with Crippen molar-refractivity contribution in [3.05, 3.63) is 65.8 Å². The van der Waals surface area contributed by atoms with E-state index in [1.54, 1.807) is 12.1 Å². The molecule has 1 N–H and O–H groups in total. The highest BCUT2D eigenvalue weighted by Crippen LogP contribution is 2.25. The molecule has 2 aromatic carbocycles. The molecule has 0 aliphatic carbocycles. The van der Waals surface area contributed by atoms with Gasteiger partial charge in [0.15, 0.2) is 0 Å². The molecule has 1 fully saturated rings. The molecule has 150 valence electrons. The number of anilines is 1. The first-order valence-corrected chi connectivity index (χ1v) is 9.80. The average molecular weight is 394 g/mol. The molecule has 0 spiro atoms. The Balaban J connectivity index is 1.38. The summed E-state index contributed by atoms with van der Waals surface area (Å²) in [5.41, 5.74) is 2.75. The maximum absolute atomic E-state index is 12.9. The first-order valence-electron chi connectivity index (χ1n) is 9.80. The minimum Gasteiger partial charge on any atom is -0.372 e. The van der Waals surface area contributed by atoms with Gasteiger partial charge in [-0.2, -0.15) is 4.98 Å². The molecule has 0 atom stereocenters. The minimum absolute atomic E-state index is 0.101. The van der Waals surface area contributed by atoms with Crippen LogP contribution in [0.4, 0.5) is 10.1 Å². The summed E-state index contributed by atoms with van der Waals surface area (Å²) in [6, 6.07) is 13.9. The van der Waals surface area contributed by atoms with E-state index in [4.69, 9.17) is 4.52 Å². The maximum Gasteiger partial charge on any atom is 0.316 e. The lowest BCUT2D eigenvalue weighted by atomic mass is 9.98. The quantitative estimate of drug-likeness (QED) is 0.707. The van der Waals surface area contributed by atoms with Crippen LogP contribution in [0.5, 0.6) is 0 Å². The minimum atomic E-state index is -0.466. The molecule has 7 heteroatoms. The molecule has 3 aromatic rings. The number of aromatic nitrogens is 2. The molecule has 29 heavy (non-hydrogen) atoms. The van der Waals surface area contributed by atoms with E-state index in [1.165, 1.54) is 30.7 Å². The summed E-state index contributed by atoms with van der Waals surface area (Å²) >= 11 is 0. The van der Waals surface area contributed by atoms with Gasteiger partial charge in [-0.1, -0.05) is 24.2 Å². The monoisotopic (exact) mass is 394 g/mol. The number of nitrogens with one attached hydrogen (secondary N) is 1. The van der Waals surface area contributed by atoms with Crippen LogP contribution in [0.25, 0.3) is 11.4 Å². The van der Waals surface area contributed by atoms with Crippen LogP contribution >= 0.6 is 0 Å². The highest BCUT2D eigenvalue weighted by molar-refractivity contribution is 5.89. The number of piperidine rings is 1. The Bertz CT molecular complexity index is 961. The molecule has 1 saturated heterocycles. The van der Waals surface area contributed by atoms with Crippen LogP contribution in [0.3, 0.4) is 0 Å². The van der Waals surface area contributed by atoms with E-state index in [-0.39, 0.29) is 18.3 Å². The van der Waals surface area contributed by atoms with Gasteiger partial charge in [-0.15, -0.1) is 0 Å². The van der Waals surface area contributed by atoms with Crippen LogP contribution in [-0.4, -0.2) is 29.1 Å². The number of benzene rings is 2. The van der Waals surface area contributed by atoms with Gasteiger partial charge in [0.1, 0.15) is 5.82 Å². The van der Waals surface area contributed by atoms with Gasteiger partial charge in [0.05, 0.1) is 0 Å². The Kier molecular flexibility index (Phi) is 5.55. The van der Waals surface area contributed by atoms with Gasteiger partial charge in [0, 0.05) is 30.9 Å². The summed E-state index contributed by atoms with van der Waals surface area (Å²) in [6.45, 7) is 4.69. The van der Waals surface area contributed by atoms with Crippen molar-refractivity contribution in [2.75, 3.05) is 18.0 Å². The molecule has 1 aromatic heterocycles. The first kappa shape index (κ1) is 19.1. The number of rotatable bonds is 5. The Labute approximate surface area is 168 Å². The van der Waals surface area contributed by atoms with Crippen LogP contribution < -0.4 is 10.2 Å². The van der Waals surface area contributed by atoms with E-state index >= 15 is 0 Å². The highest BCUT2D eigenvalue weighted by atomic mass is 19.1. The number of hydrogen-bond acceptors (Lipinski definition) is 5. The molecule has 1 aliphatic rings. The van der Waals surface area contributed by atoms with Gasteiger partial charge in [-0.25, -0.2) is 4.39 Å². The number of carbonyl (C=O) groups is 1. The normalized spacial score (nSPS) is 14.8. The molecule has 0 unspecified atom stereocenters. The molecule has 0 saturated carbocycles. The second-order valence-electron chi connectivity index (χ2n) is 7.45. The topological polar surface area (TPSA) is 71.3 Å². The lowest BCUT2D eigenvalue weighted by Crippen LogP contribution is -2.32. The summed E-state index contributed by atoms with van der Waals surface area (Å²) < 4.78 is 18.0. The van der Waals surface area contributed by atoms with E-state index in [2.05, 4.69) is 39.4 Å². The van der Waals surface area contributed by atoms with Gasteiger partial charge >= 0.3 is 11.8 Å². The maximum atomic E-state index is 12.9. The number of halogens is 1. The van der Waals surface area contributed by atoms with E-state index in [9.17, 15) is 9.18 Å². The second kappa shape index (κ2) is 8.43. The molecule has 1 aliphatic heterocycles. The van der Waals surface area contributed by atoms with Gasteiger partial charge in [-0.05, 0) is 60.7 Å². The molecular weight excluding hydrogens is 371 g/mol. The third-order valence-electron chi connectivity index (χ3n) is 5.26. The molecule has 6 nitrogen and oxygen atoms in total. The Morgan fingerprint density at radius 3 is 2.52 bits per heavy atom. The third kappa shape index (κ3) is 4.62. The van der Waals surface area contributed by atoms with Crippen molar-refractivity contribution in [2.24, 2.45) is 5.92 Å². The number of carbonyl (C=O) groups excluding carboxylic acids is 1. The Hall–Kier alpha value is -3.22. The van der Waals surface area contributed by atoms with Crippen LogP contribution in [0, 0.1) is 11.7 Å². The van der Waals surface area contributed by atoms with E-state index in [0.717, 1.165) is 30.1 Å². The SMILES string of the molecule is CC1CCN(c2ccc(-c3noc(C(=O)NCc4ccc(F)cc4)n3)cc2)CC1. The van der Waals surface area contributed by atoms with Crippen LogP contribution in [0.15, 0.2) is 53.1 Å². The second-order valence-corrected chi connectivity index (χ2v) is 7.45. The fourth-order valence-corrected chi connectivity index (χ4v) is 3.38. The van der Waals surface area contributed by atoms with Crippen molar-refractivity contribution in [3.63, 3.8) is 0 Å². The smallest absolute Gasteiger partial charge is 0.316 e. The van der Waals surface area contributed by atoms with Crippen LogP contribution in [0.1, 0.15) is 36.0 Å². The van der Waals surface area contributed by atoms with Gasteiger partial charge in [0.25, 0.3) is 0 Å². The Morgan fingerprint density at radius 1 is 1.14 bits per heavy atom. The van der Waals surface area contributed by atoms with Crippen molar-refractivity contribution in [1.82, 2.24) is 15.5 Å². The van der Waals surface area contributed by atoms with Crippen molar-refractivity contribution < 1.29 is 13.7 Å². The van der Waals surface area contributed by atoms with Crippen molar-refractivity contribution in [1.29, 1.82) is 0 Å². The zero-order valence-corrected chi connectivity index (χ0v) is 16.3. The predicted molar refractivity (Wildman–Crippen MR) is 108 cm³/mol. The highest BCUT2D eigenvalue weighted by Gasteiger charge is 2.18. The molecular formula is C22H23FN4O2. The average Bonchev–Trinajstić information content (AvgIpc) is 3.24. The van der Waals surface area contributed by atoms with Crippen molar-refractivity contribution >= 4 is 11.6 Å². The Morgan fingerprint density at radius 2 is 1.83 bits per heavy atom.